The van der Waals surface area contributed by atoms with Crippen LogP contribution in [0.5, 0.6) is 0 Å². The number of hydrogen-bond acceptors (Lipinski definition) is 5. The predicted molar refractivity (Wildman–Crippen MR) is 94.7 cm³/mol. The first-order chi connectivity index (χ1) is 11.6. The Labute approximate surface area is 150 Å². The van der Waals surface area contributed by atoms with Crippen molar-refractivity contribution in [1.29, 1.82) is 0 Å². The fourth-order valence-electron chi connectivity index (χ4n) is 2.73. The molecular formula is C18H27NO5S. The van der Waals surface area contributed by atoms with E-state index in [9.17, 15) is 13.2 Å². The lowest BCUT2D eigenvalue weighted by atomic mass is 9.94. The molecule has 0 radical (unpaired) electrons. The molecule has 25 heavy (non-hydrogen) atoms. The molecule has 140 valence electrons. The second kappa shape index (κ2) is 7.74. The third kappa shape index (κ3) is 5.71. The molecule has 0 unspecified atom stereocenters. The molecule has 1 aliphatic rings. The number of amides is 1. The van der Waals surface area contributed by atoms with Crippen molar-refractivity contribution in [3.63, 3.8) is 0 Å². The number of benzene rings is 1. The van der Waals surface area contributed by atoms with E-state index in [-0.39, 0.29) is 29.6 Å². The minimum Gasteiger partial charge on any atom is -0.444 e. The van der Waals surface area contributed by atoms with Gasteiger partial charge in [-0.1, -0.05) is 18.2 Å². The average molecular weight is 369 g/mol. The van der Waals surface area contributed by atoms with Crippen molar-refractivity contribution < 1.29 is 22.1 Å². The molecule has 1 saturated heterocycles. The number of hydrogen-bond donors (Lipinski definition) is 0. The number of carbonyl (C=O) groups is 1. The molecule has 0 N–H and O–H groups in total. The smallest absolute Gasteiger partial charge is 0.410 e. The van der Waals surface area contributed by atoms with E-state index in [1.807, 2.05) is 27.7 Å². The fourth-order valence-corrected chi connectivity index (χ4v) is 3.73. The fraction of sp³-hybridized carbons (Fsp3) is 0.611. The first kappa shape index (κ1) is 19.7. The van der Waals surface area contributed by atoms with E-state index in [0.29, 0.717) is 6.54 Å². The average Bonchev–Trinajstić information content (AvgIpc) is 2.53. The first-order valence-electron chi connectivity index (χ1n) is 8.52. The largest absolute Gasteiger partial charge is 0.444 e. The number of ether oxygens (including phenoxy) is 1. The molecular weight excluding hydrogens is 342 g/mol. The summed E-state index contributed by atoms with van der Waals surface area (Å²) in [5.41, 5.74) is -0.559. The van der Waals surface area contributed by atoms with Crippen LogP contribution in [-0.2, 0) is 19.0 Å². The van der Waals surface area contributed by atoms with Gasteiger partial charge in [-0.2, -0.15) is 8.42 Å². The van der Waals surface area contributed by atoms with Crippen LogP contribution in [-0.4, -0.2) is 44.2 Å². The standard InChI is InChI=1S/C18H27NO5S/c1-14-10-11-15(12-19(14)17(20)24-18(2,3)4)13-23-25(21,22)16-8-6-5-7-9-16/h5-9,14-15H,10-13H2,1-4H3/t14-,15-/m1/s1. The number of carbonyl (C=O) groups excluding carboxylic acids is 1. The van der Waals surface area contributed by atoms with Gasteiger partial charge in [0, 0.05) is 18.5 Å². The van der Waals surface area contributed by atoms with Gasteiger partial charge in [0.2, 0.25) is 0 Å². The topological polar surface area (TPSA) is 72.9 Å². The molecule has 6 nitrogen and oxygen atoms in total. The van der Waals surface area contributed by atoms with E-state index in [1.54, 1.807) is 23.1 Å². The Morgan fingerprint density at radius 3 is 2.44 bits per heavy atom. The molecule has 1 aromatic carbocycles. The third-order valence-corrected chi connectivity index (χ3v) is 5.39. The summed E-state index contributed by atoms with van der Waals surface area (Å²) in [6.07, 6.45) is 1.24. The van der Waals surface area contributed by atoms with Crippen LogP contribution in [0.4, 0.5) is 4.79 Å². The highest BCUT2D eigenvalue weighted by Gasteiger charge is 2.33. The van der Waals surface area contributed by atoms with Crippen molar-refractivity contribution in [3.8, 4) is 0 Å². The first-order valence-corrected chi connectivity index (χ1v) is 9.93. The van der Waals surface area contributed by atoms with Crippen molar-refractivity contribution in [2.24, 2.45) is 5.92 Å². The minimum absolute atomic E-state index is 0.0396. The Bertz CT molecular complexity index is 681. The Morgan fingerprint density at radius 2 is 1.84 bits per heavy atom. The summed E-state index contributed by atoms with van der Waals surface area (Å²) in [6, 6.07) is 8.14. The van der Waals surface area contributed by atoms with Gasteiger partial charge in [0.15, 0.2) is 0 Å². The zero-order valence-corrected chi connectivity index (χ0v) is 16.1. The SMILES string of the molecule is C[C@@H]1CC[C@@H](COS(=O)(=O)c2ccccc2)CN1C(=O)OC(C)(C)C. The molecule has 0 saturated carbocycles. The van der Waals surface area contributed by atoms with Gasteiger partial charge in [0.1, 0.15) is 5.60 Å². The van der Waals surface area contributed by atoms with Crippen molar-refractivity contribution in [2.75, 3.05) is 13.2 Å². The Morgan fingerprint density at radius 1 is 1.20 bits per heavy atom. The highest BCUT2D eigenvalue weighted by atomic mass is 32.2. The lowest BCUT2D eigenvalue weighted by molar-refractivity contribution is 0.00236. The zero-order valence-electron chi connectivity index (χ0n) is 15.3. The van der Waals surface area contributed by atoms with Crippen molar-refractivity contribution >= 4 is 16.2 Å². The van der Waals surface area contributed by atoms with Gasteiger partial charge in [-0.05, 0) is 52.7 Å². The maximum Gasteiger partial charge on any atom is 0.410 e. The maximum atomic E-state index is 12.3. The quantitative estimate of drug-likeness (QED) is 0.760. The molecule has 0 bridgehead atoms. The van der Waals surface area contributed by atoms with Crippen LogP contribution in [0, 0.1) is 5.92 Å². The summed E-state index contributed by atoms with van der Waals surface area (Å²) in [6.45, 7) is 7.94. The van der Waals surface area contributed by atoms with E-state index in [4.69, 9.17) is 8.92 Å². The van der Waals surface area contributed by atoms with E-state index in [2.05, 4.69) is 0 Å². The van der Waals surface area contributed by atoms with Gasteiger partial charge in [0.05, 0.1) is 11.5 Å². The molecule has 1 amide bonds. The normalized spacial score (nSPS) is 21.8. The third-order valence-electron chi connectivity index (χ3n) is 4.10. The van der Waals surface area contributed by atoms with Crippen LogP contribution in [0.3, 0.4) is 0 Å². The highest BCUT2D eigenvalue weighted by Crippen LogP contribution is 2.25. The molecule has 2 rings (SSSR count). The van der Waals surface area contributed by atoms with E-state index < -0.39 is 15.7 Å². The van der Waals surface area contributed by atoms with Crippen molar-refractivity contribution in [1.82, 2.24) is 4.90 Å². The Kier molecular flexibility index (Phi) is 6.11. The zero-order chi connectivity index (χ0) is 18.7. The van der Waals surface area contributed by atoms with Crippen LogP contribution in [0.15, 0.2) is 35.2 Å². The molecule has 0 aromatic heterocycles. The lowest BCUT2D eigenvalue weighted by Crippen LogP contribution is -2.48. The van der Waals surface area contributed by atoms with E-state index in [0.717, 1.165) is 12.8 Å². The van der Waals surface area contributed by atoms with Crippen LogP contribution < -0.4 is 0 Å². The van der Waals surface area contributed by atoms with Crippen LogP contribution in [0.2, 0.25) is 0 Å². The predicted octanol–water partition coefficient (Wildman–Crippen LogP) is 3.43. The van der Waals surface area contributed by atoms with Gasteiger partial charge in [-0.15, -0.1) is 0 Å². The van der Waals surface area contributed by atoms with Gasteiger partial charge in [-0.25, -0.2) is 4.79 Å². The monoisotopic (exact) mass is 369 g/mol. The molecule has 7 heteroatoms. The van der Waals surface area contributed by atoms with Gasteiger partial charge < -0.3 is 9.64 Å². The molecule has 0 spiro atoms. The summed E-state index contributed by atoms with van der Waals surface area (Å²) >= 11 is 0. The van der Waals surface area contributed by atoms with E-state index in [1.165, 1.54) is 12.1 Å². The molecule has 0 aliphatic carbocycles. The molecule has 1 heterocycles. The molecule has 1 aromatic rings. The van der Waals surface area contributed by atoms with Crippen molar-refractivity contribution in [2.45, 2.75) is 57.1 Å². The Balaban J connectivity index is 1.96. The molecule has 1 fully saturated rings. The molecule has 2 atom stereocenters. The summed E-state index contributed by atoms with van der Waals surface area (Å²) in [7, 11) is -3.77. The van der Waals surface area contributed by atoms with Gasteiger partial charge >= 0.3 is 6.09 Å². The van der Waals surface area contributed by atoms with Crippen LogP contribution >= 0.6 is 0 Å². The second-order valence-electron chi connectivity index (χ2n) is 7.48. The highest BCUT2D eigenvalue weighted by molar-refractivity contribution is 7.86. The maximum absolute atomic E-state index is 12.3. The van der Waals surface area contributed by atoms with Crippen LogP contribution in [0.1, 0.15) is 40.5 Å². The van der Waals surface area contributed by atoms with Gasteiger partial charge in [-0.3, -0.25) is 4.18 Å². The summed E-state index contributed by atoms with van der Waals surface area (Å²) in [5, 5.41) is 0. The summed E-state index contributed by atoms with van der Waals surface area (Å²) < 4.78 is 35.1. The van der Waals surface area contributed by atoms with Crippen molar-refractivity contribution in [3.05, 3.63) is 30.3 Å². The summed E-state index contributed by atoms with van der Waals surface area (Å²) in [5.74, 6) is -0.0396. The number of nitrogens with zero attached hydrogens (tertiary/aromatic N) is 1. The number of likely N-dealkylation sites (tertiary alicyclic amines) is 1. The summed E-state index contributed by atoms with van der Waals surface area (Å²) in [4.78, 5) is 14.1. The second-order valence-corrected chi connectivity index (χ2v) is 9.09. The van der Waals surface area contributed by atoms with Crippen LogP contribution in [0.25, 0.3) is 0 Å². The number of piperidine rings is 1. The minimum atomic E-state index is -3.77. The molecule has 1 aliphatic heterocycles. The number of rotatable bonds is 4. The Hall–Kier alpha value is -1.60. The van der Waals surface area contributed by atoms with E-state index >= 15 is 0 Å². The van der Waals surface area contributed by atoms with Gasteiger partial charge in [0.25, 0.3) is 10.1 Å². The lowest BCUT2D eigenvalue weighted by Gasteiger charge is -2.38.